The number of halogens is 3. The summed E-state index contributed by atoms with van der Waals surface area (Å²) in [4.78, 5) is -0.255. The second-order valence-electron chi connectivity index (χ2n) is 6.27. The van der Waals surface area contributed by atoms with Crippen LogP contribution in [0.1, 0.15) is 38.8 Å². The minimum atomic E-state index is -4.46. The largest absolute Gasteiger partial charge is 0.417 e. The molecule has 0 amide bonds. The second-order valence-corrected chi connectivity index (χ2v) is 6.71. The van der Waals surface area contributed by atoms with Crippen molar-refractivity contribution in [3.63, 3.8) is 0 Å². The molecule has 1 atom stereocenters. The van der Waals surface area contributed by atoms with Crippen LogP contribution in [0.15, 0.2) is 18.2 Å². The van der Waals surface area contributed by atoms with Crippen LogP contribution >= 0.6 is 12.2 Å². The van der Waals surface area contributed by atoms with Crippen LogP contribution in [0.4, 0.5) is 18.9 Å². The van der Waals surface area contributed by atoms with E-state index in [0.717, 1.165) is 6.07 Å². The molecule has 0 bridgehead atoms. The van der Waals surface area contributed by atoms with Crippen LogP contribution < -0.4 is 11.1 Å². The highest BCUT2D eigenvalue weighted by atomic mass is 32.1. The van der Waals surface area contributed by atoms with Gasteiger partial charge in [0.15, 0.2) is 0 Å². The number of hydrogen-bond acceptors (Lipinski definition) is 2. The lowest BCUT2D eigenvalue weighted by atomic mass is 9.82. The van der Waals surface area contributed by atoms with E-state index in [-0.39, 0.29) is 16.0 Å². The summed E-state index contributed by atoms with van der Waals surface area (Å²) in [5.41, 5.74) is 5.16. The minimum Gasteiger partial charge on any atom is -0.389 e. The van der Waals surface area contributed by atoms with Crippen molar-refractivity contribution in [3.8, 4) is 0 Å². The summed E-state index contributed by atoms with van der Waals surface area (Å²) < 4.78 is 38.6. The fourth-order valence-corrected chi connectivity index (χ4v) is 1.85. The van der Waals surface area contributed by atoms with Crippen LogP contribution in [0.5, 0.6) is 0 Å². The summed E-state index contributed by atoms with van der Waals surface area (Å²) in [7, 11) is 0. The monoisotopic (exact) mass is 318 g/mol. The third kappa shape index (κ3) is 4.88. The Kier molecular flexibility index (Phi) is 5.25. The van der Waals surface area contributed by atoms with E-state index in [1.165, 1.54) is 12.1 Å². The summed E-state index contributed by atoms with van der Waals surface area (Å²) >= 11 is 4.72. The third-order valence-corrected chi connectivity index (χ3v) is 3.90. The number of nitrogens with one attached hydrogen (secondary N) is 1. The fraction of sp³-hybridized carbons (Fsp3) is 0.533. The first-order chi connectivity index (χ1) is 9.43. The van der Waals surface area contributed by atoms with Gasteiger partial charge in [0.1, 0.15) is 4.99 Å². The lowest BCUT2D eigenvalue weighted by molar-refractivity contribution is -0.137. The zero-order valence-electron chi connectivity index (χ0n) is 12.6. The van der Waals surface area contributed by atoms with Crippen LogP contribution in [0.3, 0.4) is 0 Å². The molecule has 1 aromatic rings. The van der Waals surface area contributed by atoms with Crippen molar-refractivity contribution in [1.29, 1.82) is 0 Å². The number of alkyl halides is 3. The SMILES string of the molecule is CC(CNc1ccc(C(F)(F)F)c(C(N)=S)c1)C(C)(C)C. The standard InChI is InChI=1S/C15H21F3N2S/c1-9(14(2,3)4)8-20-10-5-6-12(15(16,17)18)11(7-10)13(19)21/h5-7,9,20H,8H2,1-4H3,(H2,19,21). The zero-order chi connectivity index (χ0) is 16.4. The molecule has 0 spiro atoms. The Bertz CT molecular complexity index is 519. The molecule has 0 aliphatic heterocycles. The van der Waals surface area contributed by atoms with Gasteiger partial charge in [0, 0.05) is 17.8 Å². The number of nitrogens with two attached hydrogens (primary N) is 1. The molecule has 2 nitrogen and oxygen atoms in total. The predicted molar refractivity (Wildman–Crippen MR) is 84.4 cm³/mol. The first-order valence-corrected chi connectivity index (χ1v) is 7.08. The van der Waals surface area contributed by atoms with E-state index in [4.69, 9.17) is 18.0 Å². The maximum atomic E-state index is 12.9. The van der Waals surface area contributed by atoms with Crippen molar-refractivity contribution in [3.05, 3.63) is 29.3 Å². The lowest BCUT2D eigenvalue weighted by Gasteiger charge is -2.28. The van der Waals surface area contributed by atoms with E-state index in [1.807, 2.05) is 0 Å². The van der Waals surface area contributed by atoms with Gasteiger partial charge in [-0.1, -0.05) is 39.9 Å². The molecule has 1 aromatic carbocycles. The van der Waals surface area contributed by atoms with Crippen molar-refractivity contribution in [2.45, 2.75) is 33.9 Å². The van der Waals surface area contributed by atoms with E-state index in [9.17, 15) is 13.2 Å². The zero-order valence-corrected chi connectivity index (χ0v) is 13.5. The molecular formula is C15H21F3N2S. The normalized spacial score (nSPS) is 13.9. The second kappa shape index (κ2) is 6.22. The van der Waals surface area contributed by atoms with E-state index in [0.29, 0.717) is 18.2 Å². The van der Waals surface area contributed by atoms with Crippen molar-refractivity contribution >= 4 is 22.9 Å². The maximum absolute atomic E-state index is 12.9. The molecule has 0 fully saturated rings. The Morgan fingerprint density at radius 3 is 2.29 bits per heavy atom. The molecular weight excluding hydrogens is 297 g/mol. The Hall–Kier alpha value is -1.30. The van der Waals surface area contributed by atoms with Gasteiger partial charge in [0.2, 0.25) is 0 Å². The van der Waals surface area contributed by atoms with Crippen LogP contribution in [0.2, 0.25) is 0 Å². The molecule has 0 aliphatic rings. The van der Waals surface area contributed by atoms with Crippen LogP contribution in [-0.2, 0) is 6.18 Å². The van der Waals surface area contributed by atoms with Gasteiger partial charge in [0.25, 0.3) is 0 Å². The van der Waals surface area contributed by atoms with Gasteiger partial charge in [-0.15, -0.1) is 0 Å². The quantitative estimate of drug-likeness (QED) is 0.806. The van der Waals surface area contributed by atoms with Gasteiger partial charge in [-0.3, -0.25) is 0 Å². The first-order valence-electron chi connectivity index (χ1n) is 6.68. The topological polar surface area (TPSA) is 38.0 Å². The van der Waals surface area contributed by atoms with Crippen molar-refractivity contribution in [2.24, 2.45) is 17.1 Å². The van der Waals surface area contributed by atoms with E-state index < -0.39 is 11.7 Å². The Morgan fingerprint density at radius 2 is 1.86 bits per heavy atom. The lowest BCUT2D eigenvalue weighted by Crippen LogP contribution is -2.25. The molecule has 118 valence electrons. The van der Waals surface area contributed by atoms with Crippen molar-refractivity contribution in [2.75, 3.05) is 11.9 Å². The number of thiocarbonyl (C=S) groups is 1. The highest BCUT2D eigenvalue weighted by Crippen LogP contribution is 2.33. The summed E-state index contributed by atoms with van der Waals surface area (Å²) in [6.45, 7) is 9.10. The average Bonchev–Trinajstić information content (AvgIpc) is 2.33. The van der Waals surface area contributed by atoms with E-state index in [2.05, 4.69) is 33.0 Å². The molecule has 0 aromatic heterocycles. The van der Waals surface area contributed by atoms with E-state index in [1.54, 1.807) is 0 Å². The van der Waals surface area contributed by atoms with Gasteiger partial charge < -0.3 is 11.1 Å². The fourth-order valence-electron chi connectivity index (χ4n) is 1.68. The number of rotatable bonds is 4. The predicted octanol–water partition coefficient (Wildman–Crippen LogP) is 4.43. The van der Waals surface area contributed by atoms with Crippen molar-refractivity contribution in [1.82, 2.24) is 0 Å². The smallest absolute Gasteiger partial charge is 0.389 e. The third-order valence-electron chi connectivity index (χ3n) is 3.68. The molecule has 0 radical (unpaired) electrons. The molecule has 3 N–H and O–H groups in total. The van der Waals surface area contributed by atoms with Crippen LogP contribution in [0.25, 0.3) is 0 Å². The van der Waals surface area contributed by atoms with Crippen LogP contribution in [0, 0.1) is 11.3 Å². The molecule has 1 unspecified atom stereocenters. The highest BCUT2D eigenvalue weighted by Gasteiger charge is 2.34. The number of hydrogen-bond donors (Lipinski definition) is 2. The first kappa shape index (κ1) is 17.8. The summed E-state index contributed by atoms with van der Waals surface area (Å²) in [6, 6.07) is 3.78. The Labute approximate surface area is 128 Å². The molecule has 1 rings (SSSR count). The van der Waals surface area contributed by atoms with E-state index >= 15 is 0 Å². The van der Waals surface area contributed by atoms with Gasteiger partial charge >= 0.3 is 6.18 Å². The molecule has 0 saturated heterocycles. The molecule has 0 aliphatic carbocycles. The Balaban J connectivity index is 2.97. The maximum Gasteiger partial charge on any atom is 0.417 e. The van der Waals surface area contributed by atoms with Crippen LogP contribution in [-0.4, -0.2) is 11.5 Å². The van der Waals surface area contributed by atoms with Gasteiger partial charge in [-0.25, -0.2) is 0 Å². The van der Waals surface area contributed by atoms with Gasteiger partial charge in [-0.05, 0) is 29.5 Å². The molecule has 21 heavy (non-hydrogen) atoms. The van der Waals surface area contributed by atoms with Crippen molar-refractivity contribution < 1.29 is 13.2 Å². The van der Waals surface area contributed by atoms with Gasteiger partial charge in [-0.2, -0.15) is 13.2 Å². The number of anilines is 1. The summed E-state index contributed by atoms with van der Waals surface area (Å²) in [6.07, 6.45) is -4.46. The average molecular weight is 318 g/mol. The summed E-state index contributed by atoms with van der Waals surface area (Å²) in [5.74, 6) is 0.355. The van der Waals surface area contributed by atoms with Gasteiger partial charge in [0.05, 0.1) is 5.56 Å². The molecule has 0 saturated carbocycles. The summed E-state index contributed by atoms with van der Waals surface area (Å²) in [5, 5.41) is 3.14. The molecule has 0 heterocycles. The Morgan fingerprint density at radius 1 is 1.29 bits per heavy atom. The highest BCUT2D eigenvalue weighted by molar-refractivity contribution is 7.80. The molecule has 6 heteroatoms. The number of benzene rings is 1. The minimum absolute atomic E-state index is 0.116.